The van der Waals surface area contributed by atoms with Crippen LogP contribution < -0.4 is 10.1 Å². The summed E-state index contributed by atoms with van der Waals surface area (Å²) in [6, 6.07) is 16.9. The molecule has 2 aromatic rings. The number of carbonyl (C=O) groups is 1. The molecule has 0 aliphatic carbocycles. The van der Waals surface area contributed by atoms with Crippen LogP contribution in [0.25, 0.3) is 0 Å². The lowest BCUT2D eigenvalue weighted by molar-refractivity contribution is 0.0945. The monoisotopic (exact) mass is 325 g/mol. The van der Waals surface area contributed by atoms with Crippen molar-refractivity contribution in [2.24, 2.45) is 5.92 Å². The van der Waals surface area contributed by atoms with Crippen LogP contribution in [0.4, 0.5) is 0 Å². The second kappa shape index (κ2) is 9.76. The highest BCUT2D eigenvalue weighted by molar-refractivity contribution is 5.94. The molecule has 1 amide bonds. The summed E-state index contributed by atoms with van der Waals surface area (Å²) in [7, 11) is 0. The lowest BCUT2D eigenvalue weighted by Gasteiger charge is -2.16. The third-order valence-corrected chi connectivity index (χ3v) is 4.04. The SMILES string of the molecule is CCCC(CCC)CNC(=O)c1ccc(Oc2ccccc2)cc1. The molecule has 0 heterocycles. The molecule has 0 atom stereocenters. The van der Waals surface area contributed by atoms with Gasteiger partial charge in [-0.05, 0) is 55.2 Å². The molecule has 0 spiro atoms. The van der Waals surface area contributed by atoms with Gasteiger partial charge in [-0.15, -0.1) is 0 Å². The average Bonchev–Trinajstić information content (AvgIpc) is 2.61. The molecule has 3 heteroatoms. The molecule has 0 saturated heterocycles. The molecule has 0 bridgehead atoms. The maximum atomic E-state index is 12.3. The largest absolute Gasteiger partial charge is 0.457 e. The Morgan fingerprint density at radius 1 is 0.917 bits per heavy atom. The van der Waals surface area contributed by atoms with Crippen LogP contribution in [0.15, 0.2) is 54.6 Å². The third kappa shape index (κ3) is 5.73. The highest BCUT2D eigenvalue weighted by Gasteiger charge is 2.10. The average molecular weight is 325 g/mol. The smallest absolute Gasteiger partial charge is 0.251 e. The summed E-state index contributed by atoms with van der Waals surface area (Å²) in [5.74, 6) is 2.08. The van der Waals surface area contributed by atoms with Crippen molar-refractivity contribution in [3.05, 3.63) is 60.2 Å². The van der Waals surface area contributed by atoms with Gasteiger partial charge in [-0.1, -0.05) is 44.9 Å². The van der Waals surface area contributed by atoms with Crippen LogP contribution in [-0.2, 0) is 0 Å². The fraction of sp³-hybridized carbons (Fsp3) is 0.381. The third-order valence-electron chi connectivity index (χ3n) is 4.04. The first kappa shape index (κ1) is 18.1. The van der Waals surface area contributed by atoms with E-state index in [4.69, 9.17) is 4.74 Å². The molecule has 128 valence electrons. The summed E-state index contributed by atoms with van der Waals surface area (Å²) in [5, 5.41) is 3.06. The first-order valence-corrected chi connectivity index (χ1v) is 8.84. The minimum atomic E-state index is -0.0153. The molecular weight excluding hydrogens is 298 g/mol. The van der Waals surface area contributed by atoms with E-state index >= 15 is 0 Å². The zero-order chi connectivity index (χ0) is 17.2. The van der Waals surface area contributed by atoms with Crippen LogP contribution in [-0.4, -0.2) is 12.5 Å². The van der Waals surface area contributed by atoms with Gasteiger partial charge in [-0.25, -0.2) is 0 Å². The van der Waals surface area contributed by atoms with Crippen LogP contribution in [0.2, 0.25) is 0 Å². The van der Waals surface area contributed by atoms with Crippen LogP contribution >= 0.6 is 0 Å². The minimum Gasteiger partial charge on any atom is -0.457 e. The molecule has 0 radical (unpaired) electrons. The van der Waals surface area contributed by atoms with Crippen molar-refractivity contribution < 1.29 is 9.53 Å². The van der Waals surface area contributed by atoms with E-state index in [2.05, 4.69) is 19.2 Å². The predicted octanol–water partition coefficient (Wildman–Crippen LogP) is 5.43. The second-order valence-electron chi connectivity index (χ2n) is 6.09. The highest BCUT2D eigenvalue weighted by Crippen LogP contribution is 2.21. The molecule has 0 aliphatic rings. The Morgan fingerprint density at radius 2 is 1.50 bits per heavy atom. The lowest BCUT2D eigenvalue weighted by Crippen LogP contribution is -2.29. The zero-order valence-electron chi connectivity index (χ0n) is 14.6. The topological polar surface area (TPSA) is 38.3 Å². The molecule has 3 nitrogen and oxygen atoms in total. The number of hydrogen-bond acceptors (Lipinski definition) is 2. The molecule has 1 N–H and O–H groups in total. The number of rotatable bonds is 9. The van der Waals surface area contributed by atoms with Gasteiger partial charge < -0.3 is 10.1 Å². The van der Waals surface area contributed by atoms with Gasteiger partial charge in [0, 0.05) is 12.1 Å². The fourth-order valence-corrected chi connectivity index (χ4v) is 2.80. The van der Waals surface area contributed by atoms with E-state index in [0.29, 0.717) is 11.5 Å². The second-order valence-corrected chi connectivity index (χ2v) is 6.09. The fourth-order valence-electron chi connectivity index (χ4n) is 2.80. The number of amides is 1. The quantitative estimate of drug-likeness (QED) is 0.668. The van der Waals surface area contributed by atoms with Crippen LogP contribution in [0, 0.1) is 5.92 Å². The van der Waals surface area contributed by atoms with E-state index in [1.807, 2.05) is 54.6 Å². The summed E-state index contributed by atoms with van der Waals surface area (Å²) in [6.45, 7) is 5.13. The lowest BCUT2D eigenvalue weighted by atomic mass is 9.98. The van der Waals surface area contributed by atoms with Crippen LogP contribution in [0.3, 0.4) is 0 Å². The molecule has 0 saturated carbocycles. The van der Waals surface area contributed by atoms with Crippen LogP contribution in [0.1, 0.15) is 49.9 Å². The number of hydrogen-bond donors (Lipinski definition) is 1. The van der Waals surface area contributed by atoms with Crippen molar-refractivity contribution in [2.75, 3.05) is 6.54 Å². The van der Waals surface area contributed by atoms with E-state index in [-0.39, 0.29) is 5.91 Å². The van der Waals surface area contributed by atoms with Gasteiger partial charge in [-0.3, -0.25) is 4.79 Å². The molecule has 0 aliphatic heterocycles. The van der Waals surface area contributed by atoms with Gasteiger partial charge in [0.05, 0.1) is 0 Å². The Kier molecular flexibility index (Phi) is 7.34. The van der Waals surface area contributed by atoms with E-state index in [0.717, 1.165) is 43.7 Å². The molecule has 2 aromatic carbocycles. The van der Waals surface area contributed by atoms with Gasteiger partial charge in [0.15, 0.2) is 0 Å². The Hall–Kier alpha value is -2.29. The number of ether oxygens (including phenoxy) is 1. The molecule has 0 fully saturated rings. The Balaban J connectivity index is 1.88. The van der Waals surface area contributed by atoms with E-state index < -0.39 is 0 Å². The predicted molar refractivity (Wildman–Crippen MR) is 98.6 cm³/mol. The normalized spacial score (nSPS) is 10.6. The van der Waals surface area contributed by atoms with E-state index in [1.54, 1.807) is 0 Å². The summed E-state index contributed by atoms with van der Waals surface area (Å²) in [5.41, 5.74) is 0.669. The summed E-state index contributed by atoms with van der Waals surface area (Å²) in [6.07, 6.45) is 4.65. The van der Waals surface area contributed by atoms with Crippen molar-refractivity contribution in [1.82, 2.24) is 5.32 Å². The molecule has 2 rings (SSSR count). The number of para-hydroxylation sites is 1. The molecule has 0 aromatic heterocycles. The van der Waals surface area contributed by atoms with Crippen molar-refractivity contribution >= 4 is 5.91 Å². The number of carbonyl (C=O) groups excluding carboxylic acids is 1. The Bertz CT molecular complexity index is 601. The first-order valence-electron chi connectivity index (χ1n) is 8.84. The summed E-state index contributed by atoms with van der Waals surface area (Å²) >= 11 is 0. The first-order chi connectivity index (χ1) is 11.7. The Morgan fingerprint density at radius 3 is 2.08 bits per heavy atom. The van der Waals surface area contributed by atoms with Gasteiger partial charge in [0.1, 0.15) is 11.5 Å². The molecular formula is C21H27NO2. The van der Waals surface area contributed by atoms with E-state index in [9.17, 15) is 4.79 Å². The number of benzene rings is 2. The summed E-state index contributed by atoms with van der Waals surface area (Å²) in [4.78, 5) is 12.3. The van der Waals surface area contributed by atoms with E-state index in [1.165, 1.54) is 0 Å². The minimum absolute atomic E-state index is 0.0153. The van der Waals surface area contributed by atoms with Crippen molar-refractivity contribution in [1.29, 1.82) is 0 Å². The zero-order valence-corrected chi connectivity index (χ0v) is 14.6. The van der Waals surface area contributed by atoms with Crippen molar-refractivity contribution in [3.63, 3.8) is 0 Å². The number of nitrogens with one attached hydrogen (secondary N) is 1. The van der Waals surface area contributed by atoms with Gasteiger partial charge in [0.2, 0.25) is 0 Å². The highest BCUT2D eigenvalue weighted by atomic mass is 16.5. The Labute approximate surface area is 145 Å². The van der Waals surface area contributed by atoms with Crippen molar-refractivity contribution in [3.8, 4) is 11.5 Å². The maximum absolute atomic E-state index is 12.3. The standard InChI is InChI=1S/C21H27NO2/c1-3-8-17(9-4-2)16-22-21(23)18-12-14-20(15-13-18)24-19-10-6-5-7-11-19/h5-7,10-15,17H,3-4,8-9,16H2,1-2H3,(H,22,23). The molecule has 24 heavy (non-hydrogen) atoms. The summed E-state index contributed by atoms with van der Waals surface area (Å²) < 4.78 is 5.74. The van der Waals surface area contributed by atoms with Gasteiger partial charge >= 0.3 is 0 Å². The van der Waals surface area contributed by atoms with Crippen LogP contribution in [0.5, 0.6) is 11.5 Å². The molecule has 0 unspecified atom stereocenters. The van der Waals surface area contributed by atoms with Gasteiger partial charge in [-0.2, -0.15) is 0 Å². The van der Waals surface area contributed by atoms with Gasteiger partial charge in [0.25, 0.3) is 5.91 Å². The maximum Gasteiger partial charge on any atom is 0.251 e. The van der Waals surface area contributed by atoms with Crippen molar-refractivity contribution in [2.45, 2.75) is 39.5 Å².